The Morgan fingerprint density at radius 1 is 1.23 bits per heavy atom. The molecule has 1 fully saturated rings. The van der Waals surface area contributed by atoms with Gasteiger partial charge in [-0.2, -0.15) is 5.10 Å². The van der Waals surface area contributed by atoms with Crippen molar-refractivity contribution in [2.24, 2.45) is 10.1 Å². The van der Waals surface area contributed by atoms with E-state index in [4.69, 9.17) is 4.74 Å². The van der Waals surface area contributed by atoms with Crippen molar-refractivity contribution in [1.29, 1.82) is 0 Å². The van der Waals surface area contributed by atoms with Crippen LogP contribution in [0.1, 0.15) is 29.1 Å². The molecule has 164 valence electrons. The van der Waals surface area contributed by atoms with Crippen LogP contribution in [-0.2, 0) is 4.74 Å². The predicted octanol–water partition coefficient (Wildman–Crippen LogP) is 3.40. The smallest absolute Gasteiger partial charge is 0.194 e. The largest absolute Gasteiger partial charge is 0.379 e. The zero-order valence-electron chi connectivity index (χ0n) is 17.7. The van der Waals surface area contributed by atoms with Crippen LogP contribution in [0.4, 0.5) is 0 Å². The van der Waals surface area contributed by atoms with Crippen molar-refractivity contribution in [1.82, 2.24) is 19.9 Å². The molecule has 7 nitrogen and oxygen atoms in total. The summed E-state index contributed by atoms with van der Waals surface area (Å²) < 4.78 is 7.61. The molecule has 0 amide bonds. The molecule has 30 heavy (non-hydrogen) atoms. The Kier molecular flexibility index (Phi) is 8.35. The summed E-state index contributed by atoms with van der Waals surface area (Å²) in [6.07, 6.45) is 1.07. The van der Waals surface area contributed by atoms with Crippen molar-refractivity contribution in [3.63, 3.8) is 0 Å². The number of hydrogen-bond donors (Lipinski definition) is 1. The second-order valence-electron chi connectivity index (χ2n) is 7.35. The number of morpholine rings is 1. The standard InChI is InChI=1S/C20H28N6OS2.ClH/c1-14-12-29-20(22-14)26-15(2)11-17(16(26)3)18-13-28-19(24-23-18)21-5-4-6-25-7-9-27-10-8-25;/h11-12H,4-10,13H2,1-3H3,(H,21,24);1H. The molecule has 2 aliphatic heterocycles. The molecule has 0 spiro atoms. The number of aromatic nitrogens is 2. The van der Waals surface area contributed by atoms with Crippen molar-refractivity contribution >= 4 is 46.4 Å². The number of aryl methyl sites for hydroxylation is 2. The Morgan fingerprint density at radius 2 is 2.03 bits per heavy atom. The molecule has 0 saturated carbocycles. The van der Waals surface area contributed by atoms with Crippen molar-refractivity contribution in [3.05, 3.63) is 34.1 Å². The summed E-state index contributed by atoms with van der Waals surface area (Å²) in [5.74, 6) is 0.830. The predicted molar refractivity (Wildman–Crippen MR) is 129 cm³/mol. The van der Waals surface area contributed by atoms with Gasteiger partial charge in [-0.15, -0.1) is 23.7 Å². The molecule has 1 N–H and O–H groups in total. The van der Waals surface area contributed by atoms with Crippen LogP contribution in [0.5, 0.6) is 0 Å². The lowest BCUT2D eigenvalue weighted by Gasteiger charge is -2.26. The lowest BCUT2D eigenvalue weighted by atomic mass is 10.1. The topological polar surface area (TPSA) is 67.0 Å². The van der Waals surface area contributed by atoms with E-state index in [9.17, 15) is 0 Å². The van der Waals surface area contributed by atoms with Crippen LogP contribution in [0.15, 0.2) is 21.5 Å². The molecule has 2 aromatic rings. The van der Waals surface area contributed by atoms with Crippen LogP contribution in [0.3, 0.4) is 0 Å². The number of rotatable bonds is 6. The third kappa shape index (κ3) is 5.45. The number of nitrogens with one attached hydrogen (secondary N) is 1. The second kappa shape index (κ2) is 10.8. The third-order valence-electron chi connectivity index (χ3n) is 5.16. The average molecular weight is 469 g/mol. The molecule has 0 radical (unpaired) electrons. The SMILES string of the molecule is Cc1csc(-n2c(C)cc(C3=NNC(=NCCCN4CCOCC4)SC3)c2C)n1.Cl. The van der Waals surface area contributed by atoms with E-state index in [1.807, 2.05) is 6.92 Å². The molecule has 10 heteroatoms. The molecule has 1 saturated heterocycles. The molecule has 4 heterocycles. The van der Waals surface area contributed by atoms with Crippen molar-refractivity contribution in [2.45, 2.75) is 27.2 Å². The van der Waals surface area contributed by atoms with Gasteiger partial charge in [-0.05, 0) is 33.3 Å². The maximum absolute atomic E-state index is 5.39. The summed E-state index contributed by atoms with van der Waals surface area (Å²) >= 11 is 3.40. The van der Waals surface area contributed by atoms with Gasteiger partial charge in [0.25, 0.3) is 0 Å². The number of thioether (sulfide) groups is 1. The first-order chi connectivity index (χ1) is 14.1. The van der Waals surface area contributed by atoms with Crippen LogP contribution in [0.25, 0.3) is 5.13 Å². The van der Waals surface area contributed by atoms with Crippen LogP contribution >= 0.6 is 35.5 Å². The summed E-state index contributed by atoms with van der Waals surface area (Å²) in [5, 5.41) is 8.64. The lowest BCUT2D eigenvalue weighted by molar-refractivity contribution is 0.0377. The highest BCUT2D eigenvalue weighted by Gasteiger charge is 2.20. The third-order valence-corrected chi connectivity index (χ3v) is 7.02. The molecule has 4 rings (SSSR count). The van der Waals surface area contributed by atoms with E-state index in [0.717, 1.165) is 73.3 Å². The molecule has 2 aromatic heterocycles. The Bertz CT molecular complexity index is 917. The molecular formula is C20H29ClN6OS2. The summed E-state index contributed by atoms with van der Waals surface area (Å²) in [5.41, 5.74) is 8.82. The lowest BCUT2D eigenvalue weighted by Crippen LogP contribution is -2.37. The molecular weight excluding hydrogens is 440 g/mol. The van der Waals surface area contributed by atoms with Crippen molar-refractivity contribution in [2.75, 3.05) is 45.1 Å². The number of hydrazone groups is 1. The minimum atomic E-state index is 0. The zero-order chi connectivity index (χ0) is 20.2. The van der Waals surface area contributed by atoms with Crippen LogP contribution in [-0.4, -0.2) is 70.5 Å². The summed E-state index contributed by atoms with van der Waals surface area (Å²) in [4.78, 5) is 11.8. The van der Waals surface area contributed by atoms with E-state index in [-0.39, 0.29) is 12.4 Å². The molecule has 2 aliphatic rings. The van der Waals surface area contributed by atoms with Crippen LogP contribution < -0.4 is 5.43 Å². The Balaban J connectivity index is 0.00000256. The number of halogens is 1. The summed E-state index contributed by atoms with van der Waals surface area (Å²) in [6, 6.07) is 2.21. The second-order valence-corrected chi connectivity index (χ2v) is 9.15. The van der Waals surface area contributed by atoms with Crippen LogP contribution in [0, 0.1) is 20.8 Å². The number of aliphatic imine (C=N–C) groups is 1. The minimum absolute atomic E-state index is 0. The fourth-order valence-electron chi connectivity index (χ4n) is 3.63. The number of amidine groups is 1. The molecule has 0 atom stereocenters. The van der Waals surface area contributed by atoms with Crippen LogP contribution in [0.2, 0.25) is 0 Å². The normalized spacial score (nSPS) is 18.8. The molecule has 0 bridgehead atoms. The number of thiazole rings is 1. The quantitative estimate of drug-likeness (QED) is 0.658. The van der Waals surface area contributed by atoms with E-state index >= 15 is 0 Å². The van der Waals surface area contributed by atoms with E-state index < -0.39 is 0 Å². The first kappa shape index (κ1) is 23.3. The first-order valence-corrected chi connectivity index (χ1v) is 11.9. The highest BCUT2D eigenvalue weighted by molar-refractivity contribution is 8.14. The Morgan fingerprint density at radius 3 is 2.70 bits per heavy atom. The van der Waals surface area contributed by atoms with Crippen molar-refractivity contribution < 1.29 is 4.74 Å². The zero-order valence-corrected chi connectivity index (χ0v) is 20.1. The fraction of sp³-hybridized carbons (Fsp3) is 0.550. The highest BCUT2D eigenvalue weighted by atomic mass is 35.5. The maximum Gasteiger partial charge on any atom is 0.194 e. The van der Waals surface area contributed by atoms with E-state index in [1.54, 1.807) is 23.1 Å². The van der Waals surface area contributed by atoms with Gasteiger partial charge in [-0.1, -0.05) is 11.8 Å². The van der Waals surface area contributed by atoms with Gasteiger partial charge in [0.1, 0.15) is 0 Å². The minimum Gasteiger partial charge on any atom is -0.379 e. The van der Waals surface area contributed by atoms with Gasteiger partial charge in [0.2, 0.25) is 0 Å². The van der Waals surface area contributed by atoms with Gasteiger partial charge in [-0.25, -0.2) is 4.98 Å². The number of nitrogens with zero attached hydrogens (tertiary/aromatic N) is 5. The first-order valence-electron chi connectivity index (χ1n) is 10.0. The number of ether oxygens (including phenoxy) is 1. The number of hydrogen-bond acceptors (Lipinski definition) is 7. The monoisotopic (exact) mass is 468 g/mol. The van der Waals surface area contributed by atoms with Crippen molar-refractivity contribution in [3.8, 4) is 5.13 Å². The van der Waals surface area contributed by atoms with Gasteiger partial charge in [0, 0.05) is 54.3 Å². The summed E-state index contributed by atoms with van der Waals surface area (Å²) in [6.45, 7) is 12.0. The van der Waals surface area contributed by atoms with Gasteiger partial charge >= 0.3 is 0 Å². The molecule has 0 aromatic carbocycles. The molecule has 0 unspecified atom stereocenters. The van der Waals surface area contributed by atoms with Gasteiger partial charge in [0.15, 0.2) is 10.3 Å². The van der Waals surface area contributed by atoms with Gasteiger partial charge in [0.05, 0.1) is 24.6 Å². The highest BCUT2D eigenvalue weighted by Crippen LogP contribution is 2.25. The average Bonchev–Trinajstić information content (AvgIpc) is 3.28. The van der Waals surface area contributed by atoms with Gasteiger partial charge < -0.3 is 4.74 Å². The van der Waals surface area contributed by atoms with Gasteiger partial charge in [-0.3, -0.25) is 19.9 Å². The maximum atomic E-state index is 5.39. The Hall–Kier alpha value is -1.39. The Labute approximate surface area is 192 Å². The van der Waals surface area contributed by atoms with E-state index in [2.05, 4.69) is 55.3 Å². The summed E-state index contributed by atoms with van der Waals surface area (Å²) in [7, 11) is 0. The fourth-order valence-corrected chi connectivity index (χ4v) is 5.33. The van der Waals surface area contributed by atoms with E-state index in [0.29, 0.717) is 0 Å². The van der Waals surface area contributed by atoms with E-state index in [1.165, 1.54) is 17.0 Å². The molecule has 0 aliphatic carbocycles.